The highest BCUT2D eigenvalue weighted by molar-refractivity contribution is 6.10. The number of carbonyl (C=O) groups excluding carboxylic acids is 2. The highest BCUT2D eigenvalue weighted by Gasteiger charge is 2.28. The molecule has 0 radical (unpaired) electrons. The first kappa shape index (κ1) is 24.2. The second-order valence-electron chi connectivity index (χ2n) is 8.18. The van der Waals surface area contributed by atoms with Crippen LogP contribution in [0.3, 0.4) is 0 Å². The molecule has 0 N–H and O–H groups in total. The number of pyridine rings is 1. The first-order valence-electron chi connectivity index (χ1n) is 11.6. The highest BCUT2D eigenvalue weighted by atomic mass is 16.5. The minimum atomic E-state index is -0.533. The predicted octanol–water partition coefficient (Wildman–Crippen LogP) is 3.35. The van der Waals surface area contributed by atoms with Gasteiger partial charge in [-0.15, -0.1) is 0 Å². The first-order valence-corrected chi connectivity index (χ1v) is 11.6. The fourth-order valence-corrected chi connectivity index (χ4v) is 4.29. The normalized spacial score (nSPS) is 13.8. The van der Waals surface area contributed by atoms with Crippen molar-refractivity contribution in [1.82, 2.24) is 9.88 Å². The number of amides is 1. The second-order valence-corrected chi connectivity index (χ2v) is 8.18. The molecule has 1 aliphatic rings. The van der Waals surface area contributed by atoms with Crippen LogP contribution >= 0.6 is 0 Å². The fourth-order valence-electron chi connectivity index (χ4n) is 4.29. The van der Waals surface area contributed by atoms with Gasteiger partial charge < -0.3 is 19.3 Å². The van der Waals surface area contributed by atoms with Crippen molar-refractivity contribution < 1.29 is 19.1 Å². The second kappa shape index (κ2) is 11.5. The van der Waals surface area contributed by atoms with Gasteiger partial charge in [0.1, 0.15) is 17.1 Å². The summed E-state index contributed by atoms with van der Waals surface area (Å²) in [5.74, 6) is -0.413. The molecule has 3 aromatic rings. The summed E-state index contributed by atoms with van der Waals surface area (Å²) in [5.41, 5.74) is 2.17. The van der Waals surface area contributed by atoms with E-state index in [0.29, 0.717) is 30.2 Å². The highest BCUT2D eigenvalue weighted by Crippen LogP contribution is 2.34. The summed E-state index contributed by atoms with van der Waals surface area (Å²) in [7, 11) is 2.84. The van der Waals surface area contributed by atoms with Crippen LogP contribution in [0.1, 0.15) is 20.8 Å². The number of hydrogen-bond acceptors (Lipinski definition) is 7. The average molecular weight is 475 g/mol. The van der Waals surface area contributed by atoms with E-state index in [9.17, 15) is 9.59 Å². The zero-order chi connectivity index (χ0) is 24.6. The maximum absolute atomic E-state index is 13.6. The first-order chi connectivity index (χ1) is 17.1. The van der Waals surface area contributed by atoms with Crippen molar-refractivity contribution in [2.75, 3.05) is 63.3 Å². The summed E-state index contributed by atoms with van der Waals surface area (Å²) in [6.07, 6.45) is 1.58. The average Bonchev–Trinajstić information content (AvgIpc) is 2.93. The maximum Gasteiger partial charge on any atom is 0.340 e. The van der Waals surface area contributed by atoms with Gasteiger partial charge in [-0.2, -0.15) is 0 Å². The lowest BCUT2D eigenvalue weighted by Crippen LogP contribution is -2.49. The van der Waals surface area contributed by atoms with Gasteiger partial charge in [-0.05, 0) is 36.4 Å². The van der Waals surface area contributed by atoms with Gasteiger partial charge in [-0.25, -0.2) is 4.79 Å². The molecular weight excluding hydrogens is 444 g/mol. The molecule has 0 atom stereocenters. The molecule has 1 aromatic heterocycles. The minimum absolute atomic E-state index is 0.269. The van der Waals surface area contributed by atoms with Gasteiger partial charge in [0.15, 0.2) is 0 Å². The monoisotopic (exact) mass is 474 g/mol. The number of benzene rings is 2. The molecule has 8 nitrogen and oxygen atoms in total. The van der Waals surface area contributed by atoms with Crippen LogP contribution in [0.25, 0.3) is 0 Å². The largest absolute Gasteiger partial charge is 0.495 e. The van der Waals surface area contributed by atoms with E-state index in [1.165, 1.54) is 19.9 Å². The van der Waals surface area contributed by atoms with Gasteiger partial charge >= 0.3 is 5.97 Å². The molecule has 0 aliphatic carbocycles. The van der Waals surface area contributed by atoms with Gasteiger partial charge in [0, 0.05) is 51.2 Å². The molecule has 35 heavy (non-hydrogen) atoms. The number of aromatic nitrogens is 1. The summed E-state index contributed by atoms with van der Waals surface area (Å²) in [6.45, 7) is 4.55. The minimum Gasteiger partial charge on any atom is -0.495 e. The Bertz CT molecular complexity index is 1130. The zero-order valence-corrected chi connectivity index (χ0v) is 20.1. The summed E-state index contributed by atoms with van der Waals surface area (Å²) < 4.78 is 10.6. The molecule has 1 saturated heterocycles. The Kier molecular flexibility index (Phi) is 7.95. The van der Waals surface area contributed by atoms with Gasteiger partial charge in [0.25, 0.3) is 5.91 Å². The SMILES string of the molecule is COC(=O)c1cccc(OC)c1N(CCN1CCN(c2ccccc2)CC1)C(=O)c1ccccn1. The van der Waals surface area contributed by atoms with Crippen LogP contribution in [0.5, 0.6) is 5.75 Å². The Hall–Kier alpha value is -3.91. The van der Waals surface area contributed by atoms with E-state index < -0.39 is 5.97 Å². The number of carbonyl (C=O) groups is 2. The molecule has 0 bridgehead atoms. The third-order valence-electron chi connectivity index (χ3n) is 6.16. The van der Waals surface area contributed by atoms with E-state index in [1.54, 1.807) is 47.5 Å². The number of methoxy groups -OCH3 is 2. The van der Waals surface area contributed by atoms with Crippen molar-refractivity contribution in [3.8, 4) is 5.75 Å². The smallest absolute Gasteiger partial charge is 0.340 e. The number of ether oxygens (including phenoxy) is 2. The number of esters is 1. The van der Waals surface area contributed by atoms with E-state index in [1.807, 2.05) is 6.07 Å². The number of hydrogen-bond donors (Lipinski definition) is 0. The predicted molar refractivity (Wildman–Crippen MR) is 135 cm³/mol. The van der Waals surface area contributed by atoms with Crippen LogP contribution in [0.4, 0.5) is 11.4 Å². The molecule has 1 amide bonds. The molecular formula is C27H30N4O4. The molecule has 0 saturated carbocycles. The Morgan fingerprint density at radius 3 is 2.31 bits per heavy atom. The molecule has 2 heterocycles. The van der Waals surface area contributed by atoms with Crippen molar-refractivity contribution >= 4 is 23.3 Å². The topological polar surface area (TPSA) is 75.2 Å². The van der Waals surface area contributed by atoms with Gasteiger partial charge in [0.2, 0.25) is 0 Å². The van der Waals surface area contributed by atoms with Gasteiger partial charge in [-0.1, -0.05) is 30.3 Å². The molecule has 1 aliphatic heterocycles. The number of rotatable bonds is 8. The Morgan fingerprint density at radius 1 is 0.914 bits per heavy atom. The van der Waals surface area contributed by atoms with Crippen LogP contribution in [0.2, 0.25) is 0 Å². The molecule has 1 fully saturated rings. The van der Waals surface area contributed by atoms with Crippen molar-refractivity contribution in [3.63, 3.8) is 0 Å². The number of piperazine rings is 1. The number of anilines is 2. The van der Waals surface area contributed by atoms with Crippen LogP contribution in [0, 0.1) is 0 Å². The van der Waals surface area contributed by atoms with E-state index >= 15 is 0 Å². The summed E-state index contributed by atoms with van der Waals surface area (Å²) in [4.78, 5) is 36.7. The van der Waals surface area contributed by atoms with E-state index in [-0.39, 0.29) is 11.5 Å². The Labute approximate surface area is 205 Å². The summed E-state index contributed by atoms with van der Waals surface area (Å²) in [5, 5.41) is 0. The Balaban J connectivity index is 1.56. The quantitative estimate of drug-likeness (QED) is 0.464. The lowest BCUT2D eigenvalue weighted by atomic mass is 10.1. The molecule has 182 valence electrons. The maximum atomic E-state index is 13.6. The zero-order valence-electron chi connectivity index (χ0n) is 20.1. The van der Waals surface area contributed by atoms with E-state index in [0.717, 1.165) is 26.2 Å². The fraction of sp³-hybridized carbons (Fsp3) is 0.296. The van der Waals surface area contributed by atoms with Crippen LogP contribution in [0.15, 0.2) is 72.9 Å². The standard InChI is InChI=1S/C27H30N4O4/c1-34-24-13-8-11-22(27(33)35-2)25(24)31(26(32)23-12-6-7-14-28-23)20-17-29-15-18-30(19-16-29)21-9-4-3-5-10-21/h3-14H,15-20H2,1-2H3. The van der Waals surface area contributed by atoms with Crippen molar-refractivity contribution in [3.05, 3.63) is 84.2 Å². The molecule has 8 heteroatoms. The molecule has 0 unspecified atom stereocenters. The number of para-hydroxylation sites is 2. The Morgan fingerprint density at radius 2 is 1.66 bits per heavy atom. The summed E-state index contributed by atoms with van der Waals surface area (Å²) >= 11 is 0. The van der Waals surface area contributed by atoms with Gasteiger partial charge in [-0.3, -0.25) is 14.7 Å². The van der Waals surface area contributed by atoms with Crippen LogP contribution in [-0.2, 0) is 4.74 Å². The molecule has 2 aromatic carbocycles. The van der Waals surface area contributed by atoms with Crippen LogP contribution in [-0.4, -0.2) is 75.2 Å². The molecule has 4 rings (SSSR count). The van der Waals surface area contributed by atoms with E-state index in [4.69, 9.17) is 9.47 Å². The van der Waals surface area contributed by atoms with Crippen molar-refractivity contribution in [1.29, 1.82) is 0 Å². The van der Waals surface area contributed by atoms with E-state index in [2.05, 4.69) is 39.0 Å². The molecule has 0 spiro atoms. The third kappa shape index (κ3) is 5.60. The lowest BCUT2D eigenvalue weighted by molar-refractivity contribution is 0.0601. The van der Waals surface area contributed by atoms with Crippen molar-refractivity contribution in [2.24, 2.45) is 0 Å². The third-order valence-corrected chi connectivity index (χ3v) is 6.16. The van der Waals surface area contributed by atoms with Crippen LogP contribution < -0.4 is 14.5 Å². The van der Waals surface area contributed by atoms with Gasteiger partial charge in [0.05, 0.1) is 19.8 Å². The lowest BCUT2D eigenvalue weighted by Gasteiger charge is -2.37. The number of nitrogens with zero attached hydrogens (tertiary/aromatic N) is 4. The summed E-state index contributed by atoms with van der Waals surface area (Å²) in [6, 6.07) is 20.7. The van der Waals surface area contributed by atoms with Crippen molar-refractivity contribution in [2.45, 2.75) is 0 Å².